The molecular weight excluding hydrogens is 256 g/mol. The number of hydrogen-bond acceptors (Lipinski definition) is 6. The van der Waals surface area contributed by atoms with Crippen molar-refractivity contribution in [3.8, 4) is 0 Å². The summed E-state index contributed by atoms with van der Waals surface area (Å²) in [5.74, 6) is 0. The van der Waals surface area contributed by atoms with Crippen molar-refractivity contribution in [2.75, 3.05) is 6.61 Å². The van der Waals surface area contributed by atoms with Crippen LogP contribution in [0.25, 0.3) is 0 Å². The van der Waals surface area contributed by atoms with E-state index in [1.807, 2.05) is 0 Å². The van der Waals surface area contributed by atoms with E-state index in [2.05, 4.69) is 4.98 Å². The van der Waals surface area contributed by atoms with Crippen molar-refractivity contribution in [3.05, 3.63) is 32.6 Å². The maximum absolute atomic E-state index is 11.7. The van der Waals surface area contributed by atoms with Crippen LogP contribution in [0.4, 0.5) is 0 Å². The van der Waals surface area contributed by atoms with Gasteiger partial charge in [0.15, 0.2) is 6.23 Å². The van der Waals surface area contributed by atoms with Crippen molar-refractivity contribution >= 4 is 0 Å². The molecule has 1 aromatic rings. The summed E-state index contributed by atoms with van der Waals surface area (Å²) in [5, 5.41) is 29.1. The zero-order chi connectivity index (χ0) is 14.4. The summed E-state index contributed by atoms with van der Waals surface area (Å²) in [6.07, 6.45) is -2.30. The lowest BCUT2D eigenvalue weighted by molar-refractivity contribution is -0.0988. The summed E-state index contributed by atoms with van der Waals surface area (Å²) >= 11 is 0. The molecule has 1 fully saturated rings. The van der Waals surface area contributed by atoms with E-state index in [-0.39, 0.29) is 5.56 Å². The van der Waals surface area contributed by atoms with Crippen molar-refractivity contribution in [1.82, 2.24) is 9.55 Å². The second-order valence-electron chi connectivity index (χ2n) is 4.86. The number of aromatic amines is 1. The maximum Gasteiger partial charge on any atom is 0.330 e. The monoisotopic (exact) mass is 272 g/mol. The van der Waals surface area contributed by atoms with Crippen molar-refractivity contribution in [2.24, 2.45) is 0 Å². The molecule has 0 saturated carbocycles. The average Bonchev–Trinajstić information content (AvgIpc) is 2.56. The smallest absolute Gasteiger partial charge is 0.330 e. The van der Waals surface area contributed by atoms with Crippen molar-refractivity contribution < 1.29 is 20.1 Å². The standard InChI is InChI=1S/C11H16N2O6/c1-5-3-13(10(17)12-8(5)16)9-11(2,18)7(15)6(4-14)19-9/h3,6-7,9,14-15,18H,4H2,1-2H3,(H,12,16,17)/t6-,7+,9-,11-/m1/s1. The van der Waals surface area contributed by atoms with E-state index in [0.29, 0.717) is 0 Å². The highest BCUT2D eigenvalue weighted by Crippen LogP contribution is 2.37. The molecule has 4 atom stereocenters. The lowest BCUT2D eigenvalue weighted by atomic mass is 9.96. The van der Waals surface area contributed by atoms with Crippen molar-refractivity contribution in [2.45, 2.75) is 37.9 Å². The molecule has 0 radical (unpaired) electrons. The Morgan fingerprint density at radius 1 is 1.53 bits per heavy atom. The number of rotatable bonds is 2. The summed E-state index contributed by atoms with van der Waals surface area (Å²) in [4.78, 5) is 25.1. The number of aliphatic hydroxyl groups is 3. The van der Waals surface area contributed by atoms with Crippen LogP contribution in [0.15, 0.2) is 15.8 Å². The van der Waals surface area contributed by atoms with Crippen LogP contribution >= 0.6 is 0 Å². The van der Waals surface area contributed by atoms with Crippen molar-refractivity contribution in [1.29, 1.82) is 0 Å². The zero-order valence-electron chi connectivity index (χ0n) is 10.5. The molecule has 0 amide bonds. The van der Waals surface area contributed by atoms with Crippen LogP contribution in [-0.2, 0) is 4.74 Å². The molecule has 1 saturated heterocycles. The molecule has 0 bridgehead atoms. The molecule has 19 heavy (non-hydrogen) atoms. The Morgan fingerprint density at radius 3 is 2.68 bits per heavy atom. The van der Waals surface area contributed by atoms with Gasteiger partial charge in [-0.3, -0.25) is 14.3 Å². The lowest BCUT2D eigenvalue weighted by Crippen LogP contribution is -2.47. The molecule has 0 aliphatic carbocycles. The normalized spacial score (nSPS) is 34.7. The molecular formula is C11H16N2O6. The summed E-state index contributed by atoms with van der Waals surface area (Å²) in [6.45, 7) is 2.30. The van der Waals surface area contributed by atoms with Crippen LogP contribution < -0.4 is 11.2 Å². The van der Waals surface area contributed by atoms with E-state index in [1.165, 1.54) is 20.0 Å². The number of nitrogens with one attached hydrogen (secondary N) is 1. The molecule has 8 heteroatoms. The Balaban J connectivity index is 2.51. The van der Waals surface area contributed by atoms with Gasteiger partial charge in [-0.15, -0.1) is 0 Å². The van der Waals surface area contributed by atoms with Gasteiger partial charge in [-0.05, 0) is 13.8 Å². The van der Waals surface area contributed by atoms with E-state index in [4.69, 9.17) is 9.84 Å². The highest BCUT2D eigenvalue weighted by atomic mass is 16.6. The molecule has 1 aliphatic heterocycles. The van der Waals surface area contributed by atoms with Crippen LogP contribution in [-0.4, -0.2) is 49.3 Å². The number of H-pyrrole nitrogens is 1. The van der Waals surface area contributed by atoms with E-state index in [9.17, 15) is 19.8 Å². The summed E-state index contributed by atoms with van der Waals surface area (Å²) in [7, 11) is 0. The van der Waals surface area contributed by atoms with E-state index < -0.39 is 41.9 Å². The molecule has 1 aliphatic rings. The number of nitrogens with zero attached hydrogens (tertiary/aromatic N) is 1. The molecule has 8 nitrogen and oxygen atoms in total. The van der Waals surface area contributed by atoms with Gasteiger partial charge in [-0.25, -0.2) is 4.79 Å². The number of aryl methyl sites for hydroxylation is 1. The molecule has 2 heterocycles. The fourth-order valence-electron chi connectivity index (χ4n) is 2.15. The van der Waals surface area contributed by atoms with Gasteiger partial charge in [-0.2, -0.15) is 0 Å². The molecule has 2 rings (SSSR count). The second kappa shape index (κ2) is 4.57. The molecule has 4 N–H and O–H groups in total. The van der Waals surface area contributed by atoms with Crippen LogP contribution in [0.1, 0.15) is 18.7 Å². The van der Waals surface area contributed by atoms with Crippen molar-refractivity contribution in [3.63, 3.8) is 0 Å². The van der Waals surface area contributed by atoms with Gasteiger partial charge in [0.1, 0.15) is 17.8 Å². The first-order valence-corrected chi connectivity index (χ1v) is 5.78. The number of ether oxygens (including phenoxy) is 1. The maximum atomic E-state index is 11.7. The van der Waals surface area contributed by atoms with Crippen LogP contribution in [0.3, 0.4) is 0 Å². The number of aliphatic hydroxyl groups excluding tert-OH is 2. The van der Waals surface area contributed by atoms with Gasteiger partial charge in [0, 0.05) is 11.8 Å². The number of hydrogen-bond donors (Lipinski definition) is 4. The fourth-order valence-corrected chi connectivity index (χ4v) is 2.15. The molecule has 0 aromatic carbocycles. The first-order valence-electron chi connectivity index (χ1n) is 5.78. The highest BCUT2D eigenvalue weighted by Gasteiger charge is 2.53. The van der Waals surface area contributed by atoms with Crippen LogP contribution in [0, 0.1) is 6.92 Å². The molecule has 0 unspecified atom stereocenters. The Morgan fingerprint density at radius 2 is 2.16 bits per heavy atom. The van der Waals surface area contributed by atoms with Gasteiger partial charge in [0.2, 0.25) is 0 Å². The summed E-state index contributed by atoms with van der Waals surface area (Å²) < 4.78 is 6.29. The third-order valence-electron chi connectivity index (χ3n) is 3.33. The Bertz CT molecular complexity index is 590. The minimum absolute atomic E-state index is 0.265. The fraction of sp³-hybridized carbons (Fsp3) is 0.636. The molecule has 0 spiro atoms. The average molecular weight is 272 g/mol. The third kappa shape index (κ3) is 2.12. The van der Waals surface area contributed by atoms with Gasteiger partial charge in [0.05, 0.1) is 6.61 Å². The van der Waals surface area contributed by atoms with Gasteiger partial charge >= 0.3 is 5.69 Å². The number of aromatic nitrogens is 2. The lowest BCUT2D eigenvalue weighted by Gasteiger charge is -2.27. The minimum Gasteiger partial charge on any atom is -0.394 e. The van der Waals surface area contributed by atoms with Gasteiger partial charge < -0.3 is 20.1 Å². The predicted molar refractivity (Wildman–Crippen MR) is 63.7 cm³/mol. The first kappa shape index (κ1) is 13.9. The Labute approximate surface area is 107 Å². The summed E-state index contributed by atoms with van der Waals surface area (Å²) in [5.41, 5.74) is -2.78. The van der Waals surface area contributed by atoms with E-state index in [1.54, 1.807) is 0 Å². The van der Waals surface area contributed by atoms with E-state index >= 15 is 0 Å². The largest absolute Gasteiger partial charge is 0.394 e. The Kier molecular flexibility index (Phi) is 3.35. The topological polar surface area (TPSA) is 125 Å². The molecule has 106 valence electrons. The summed E-state index contributed by atoms with van der Waals surface area (Å²) in [6, 6.07) is 0. The molecule has 1 aromatic heterocycles. The van der Waals surface area contributed by atoms with Gasteiger partial charge in [-0.1, -0.05) is 0 Å². The first-order chi connectivity index (χ1) is 8.78. The minimum atomic E-state index is -1.76. The van der Waals surface area contributed by atoms with Gasteiger partial charge in [0.25, 0.3) is 5.56 Å². The quantitative estimate of drug-likeness (QED) is 0.486. The van der Waals surface area contributed by atoms with E-state index in [0.717, 1.165) is 4.57 Å². The van der Waals surface area contributed by atoms with Crippen LogP contribution in [0.5, 0.6) is 0 Å². The zero-order valence-corrected chi connectivity index (χ0v) is 10.5. The predicted octanol–water partition coefficient (Wildman–Crippen LogP) is -2.15. The third-order valence-corrected chi connectivity index (χ3v) is 3.33. The van der Waals surface area contributed by atoms with Crippen LogP contribution in [0.2, 0.25) is 0 Å². The second-order valence-corrected chi connectivity index (χ2v) is 4.86. The highest BCUT2D eigenvalue weighted by molar-refractivity contribution is 5.05. The Hall–Kier alpha value is -1.48. The SMILES string of the molecule is Cc1cn([C@@H]2O[C@H](CO)[C@H](O)[C@@]2(C)O)c(=O)[nH]c1=O.